The maximum atomic E-state index is 12.0. The summed E-state index contributed by atoms with van der Waals surface area (Å²) in [5, 5.41) is 10.5. The number of hydrogen-bond donors (Lipinski definition) is 1. The second-order valence-corrected chi connectivity index (χ2v) is 6.39. The lowest BCUT2D eigenvalue weighted by Crippen LogP contribution is -2.17. The Hall–Kier alpha value is -3.42. The van der Waals surface area contributed by atoms with Gasteiger partial charge in [0, 0.05) is 11.9 Å². The molecule has 0 unspecified atom stereocenters. The summed E-state index contributed by atoms with van der Waals surface area (Å²) in [4.78, 5) is 17.9. The fourth-order valence-corrected chi connectivity index (χ4v) is 2.43. The number of hydrogen-bond acceptors (Lipinski definition) is 7. The van der Waals surface area contributed by atoms with Crippen molar-refractivity contribution in [1.82, 2.24) is 15.2 Å². The highest BCUT2D eigenvalue weighted by Gasteiger charge is 2.20. The number of ether oxygens (including phenoxy) is 1. The molecule has 2 heterocycles. The summed E-state index contributed by atoms with van der Waals surface area (Å²) in [6.45, 7) is 6.27. The van der Waals surface area contributed by atoms with Crippen molar-refractivity contribution < 1.29 is 13.9 Å². The number of amides is 1. The maximum absolute atomic E-state index is 12.0. The number of nitrogens with one attached hydrogen (secondary N) is 1. The summed E-state index contributed by atoms with van der Waals surface area (Å²) in [5.74, 6) is 0.267. The number of anilines is 4. The van der Waals surface area contributed by atoms with Crippen LogP contribution in [0, 0.1) is 12.8 Å². The fraction of sp³-hybridized carbons (Fsp3) is 0.263. The van der Waals surface area contributed by atoms with E-state index in [1.807, 2.05) is 51.1 Å². The van der Waals surface area contributed by atoms with Gasteiger partial charge in [0.05, 0.1) is 24.2 Å². The van der Waals surface area contributed by atoms with Crippen LogP contribution in [0.3, 0.4) is 0 Å². The summed E-state index contributed by atoms with van der Waals surface area (Å²) < 4.78 is 10.6. The van der Waals surface area contributed by atoms with Gasteiger partial charge in [-0.3, -0.25) is 15.2 Å². The molecule has 0 bridgehead atoms. The first-order valence-corrected chi connectivity index (χ1v) is 8.55. The molecule has 8 nitrogen and oxygen atoms in total. The number of carbonyl (C=O) groups is 1. The average molecular weight is 367 g/mol. The van der Waals surface area contributed by atoms with Crippen molar-refractivity contribution in [2.24, 2.45) is 5.92 Å². The molecular formula is C19H21N5O3. The lowest BCUT2D eigenvalue weighted by atomic mass is 10.1. The van der Waals surface area contributed by atoms with Gasteiger partial charge in [0.1, 0.15) is 0 Å². The Morgan fingerprint density at radius 2 is 2.19 bits per heavy atom. The number of rotatable bonds is 6. The standard InChI is InChI=1S/C19H21N5O3/c1-13(2)11-26-19(25)22-15-7-6-14(3)17(9-15)24(18-23-21-12-27-18)16-5-4-8-20-10-16/h4-10,12-13H,11H2,1-3H3,(H,22,25). The number of pyridine rings is 1. The first-order valence-electron chi connectivity index (χ1n) is 8.55. The molecule has 140 valence electrons. The van der Waals surface area contributed by atoms with Gasteiger partial charge in [-0.2, -0.15) is 0 Å². The van der Waals surface area contributed by atoms with E-state index in [1.54, 1.807) is 17.3 Å². The first-order chi connectivity index (χ1) is 13.0. The molecule has 0 aliphatic rings. The van der Waals surface area contributed by atoms with Crippen molar-refractivity contribution in [1.29, 1.82) is 0 Å². The van der Waals surface area contributed by atoms with Crippen LogP contribution in [0.25, 0.3) is 0 Å². The van der Waals surface area contributed by atoms with Gasteiger partial charge in [-0.25, -0.2) is 4.79 Å². The van der Waals surface area contributed by atoms with Crippen molar-refractivity contribution >= 4 is 29.2 Å². The third-order valence-electron chi connectivity index (χ3n) is 3.69. The molecule has 0 spiro atoms. The van der Waals surface area contributed by atoms with Crippen LogP contribution < -0.4 is 10.2 Å². The summed E-state index contributed by atoms with van der Waals surface area (Å²) in [6, 6.07) is 9.53. The zero-order valence-electron chi connectivity index (χ0n) is 15.4. The molecule has 3 aromatic rings. The van der Waals surface area contributed by atoms with Crippen LogP contribution in [0.15, 0.2) is 53.5 Å². The molecule has 1 N–H and O–H groups in total. The zero-order chi connectivity index (χ0) is 19.2. The molecule has 0 saturated carbocycles. The third kappa shape index (κ3) is 4.60. The monoisotopic (exact) mass is 367 g/mol. The maximum Gasteiger partial charge on any atom is 0.411 e. The van der Waals surface area contributed by atoms with E-state index in [-0.39, 0.29) is 5.92 Å². The Bertz CT molecular complexity index is 882. The van der Waals surface area contributed by atoms with Gasteiger partial charge < -0.3 is 9.15 Å². The summed E-state index contributed by atoms with van der Waals surface area (Å²) in [5.41, 5.74) is 3.08. The average Bonchev–Trinajstić information content (AvgIpc) is 3.18. The number of carbonyl (C=O) groups excluding carboxylic acids is 1. The Balaban J connectivity index is 1.92. The summed E-state index contributed by atoms with van der Waals surface area (Å²) >= 11 is 0. The van der Waals surface area contributed by atoms with E-state index in [9.17, 15) is 4.79 Å². The minimum Gasteiger partial charge on any atom is -0.449 e. The van der Waals surface area contributed by atoms with Crippen LogP contribution in [-0.4, -0.2) is 27.9 Å². The highest BCUT2D eigenvalue weighted by Crippen LogP contribution is 2.36. The van der Waals surface area contributed by atoms with Crippen molar-refractivity contribution in [2.75, 3.05) is 16.8 Å². The third-order valence-corrected chi connectivity index (χ3v) is 3.69. The zero-order valence-corrected chi connectivity index (χ0v) is 15.4. The summed E-state index contributed by atoms with van der Waals surface area (Å²) in [6.07, 6.45) is 4.15. The van der Waals surface area contributed by atoms with Crippen molar-refractivity contribution in [2.45, 2.75) is 20.8 Å². The number of nitrogens with zero attached hydrogens (tertiary/aromatic N) is 4. The predicted octanol–water partition coefficient (Wildman–Crippen LogP) is 4.45. The SMILES string of the molecule is Cc1ccc(NC(=O)OCC(C)C)cc1N(c1cccnc1)c1nnco1. The van der Waals surface area contributed by atoms with Crippen LogP contribution in [0.1, 0.15) is 19.4 Å². The van der Waals surface area contributed by atoms with Crippen LogP contribution in [0.2, 0.25) is 0 Å². The van der Waals surface area contributed by atoms with Gasteiger partial charge in [-0.15, -0.1) is 5.10 Å². The highest BCUT2D eigenvalue weighted by molar-refractivity contribution is 5.87. The molecule has 2 aromatic heterocycles. The van der Waals surface area contributed by atoms with E-state index < -0.39 is 6.09 Å². The first kappa shape index (κ1) is 18.4. The predicted molar refractivity (Wildman–Crippen MR) is 101 cm³/mol. The van der Waals surface area contributed by atoms with Crippen LogP contribution >= 0.6 is 0 Å². The molecule has 0 radical (unpaired) electrons. The largest absolute Gasteiger partial charge is 0.449 e. The highest BCUT2D eigenvalue weighted by atomic mass is 16.5. The number of aromatic nitrogens is 3. The van der Waals surface area contributed by atoms with Gasteiger partial charge >= 0.3 is 12.1 Å². The lowest BCUT2D eigenvalue weighted by Gasteiger charge is -2.22. The molecule has 27 heavy (non-hydrogen) atoms. The quantitative estimate of drug-likeness (QED) is 0.688. The van der Waals surface area contributed by atoms with Gasteiger partial charge in [0.2, 0.25) is 6.39 Å². The minimum atomic E-state index is -0.496. The van der Waals surface area contributed by atoms with Crippen LogP contribution in [0.4, 0.5) is 27.9 Å². The summed E-state index contributed by atoms with van der Waals surface area (Å²) in [7, 11) is 0. The van der Waals surface area contributed by atoms with E-state index in [1.165, 1.54) is 6.39 Å². The molecule has 3 rings (SSSR count). The number of benzene rings is 1. The van der Waals surface area contributed by atoms with Crippen molar-refractivity contribution in [3.05, 3.63) is 54.7 Å². The smallest absolute Gasteiger partial charge is 0.411 e. The Morgan fingerprint density at radius 3 is 2.85 bits per heavy atom. The molecule has 0 fully saturated rings. The normalized spacial score (nSPS) is 10.7. The molecule has 0 aliphatic heterocycles. The minimum absolute atomic E-state index is 0.267. The molecule has 0 saturated heterocycles. The molecule has 1 amide bonds. The van der Waals surface area contributed by atoms with E-state index in [0.29, 0.717) is 18.3 Å². The van der Waals surface area contributed by atoms with Crippen molar-refractivity contribution in [3.63, 3.8) is 0 Å². The molecule has 0 atom stereocenters. The van der Waals surface area contributed by atoms with Gasteiger partial charge in [0.25, 0.3) is 0 Å². The van der Waals surface area contributed by atoms with Gasteiger partial charge in [0.15, 0.2) is 0 Å². The second-order valence-electron chi connectivity index (χ2n) is 6.39. The Labute approximate surface area is 157 Å². The van der Waals surface area contributed by atoms with E-state index in [2.05, 4.69) is 20.5 Å². The fourth-order valence-electron chi connectivity index (χ4n) is 2.43. The van der Waals surface area contributed by atoms with Gasteiger partial charge in [-0.1, -0.05) is 25.0 Å². The Morgan fingerprint density at radius 1 is 1.33 bits per heavy atom. The van der Waals surface area contributed by atoms with Crippen molar-refractivity contribution in [3.8, 4) is 0 Å². The lowest BCUT2D eigenvalue weighted by molar-refractivity contribution is 0.147. The second kappa shape index (κ2) is 8.31. The van der Waals surface area contributed by atoms with Gasteiger partial charge in [-0.05, 0) is 42.7 Å². The van der Waals surface area contributed by atoms with E-state index in [0.717, 1.165) is 16.9 Å². The van der Waals surface area contributed by atoms with Crippen LogP contribution in [0.5, 0.6) is 0 Å². The molecular weight excluding hydrogens is 346 g/mol. The Kier molecular flexibility index (Phi) is 5.65. The number of aryl methyl sites for hydroxylation is 1. The topological polar surface area (TPSA) is 93.4 Å². The molecule has 1 aromatic carbocycles. The van der Waals surface area contributed by atoms with E-state index >= 15 is 0 Å². The van der Waals surface area contributed by atoms with E-state index in [4.69, 9.17) is 9.15 Å². The van der Waals surface area contributed by atoms with Crippen LogP contribution in [-0.2, 0) is 4.74 Å². The molecule has 0 aliphatic carbocycles. The molecule has 8 heteroatoms.